The molecule has 1 heterocycles. The van der Waals surface area contributed by atoms with Gasteiger partial charge in [-0.25, -0.2) is 0 Å². The van der Waals surface area contributed by atoms with E-state index in [1.807, 2.05) is 32.2 Å². The first-order valence-corrected chi connectivity index (χ1v) is 6.02. The zero-order chi connectivity index (χ0) is 13.3. The number of nitrogens with two attached hydrogens (primary N) is 1. The first-order valence-electron chi connectivity index (χ1n) is 5.64. The highest BCUT2D eigenvalue weighted by Crippen LogP contribution is 2.35. The van der Waals surface area contributed by atoms with E-state index in [0.29, 0.717) is 11.6 Å². The predicted octanol–water partition coefficient (Wildman–Crippen LogP) is 2.52. The van der Waals surface area contributed by atoms with Crippen LogP contribution in [0.15, 0.2) is 18.2 Å². The topological polar surface area (TPSA) is 53.1 Å². The van der Waals surface area contributed by atoms with Crippen LogP contribution in [-0.4, -0.2) is 16.9 Å². The Morgan fingerprint density at radius 3 is 2.67 bits per heavy atom. The molecule has 2 rings (SSSR count). The lowest BCUT2D eigenvalue weighted by molar-refractivity contribution is 0.413. The molecule has 1 aromatic carbocycles. The molecule has 2 N–H and O–H groups in total. The van der Waals surface area contributed by atoms with E-state index in [-0.39, 0.29) is 0 Å². The van der Waals surface area contributed by atoms with Crippen molar-refractivity contribution in [3.05, 3.63) is 34.5 Å². The van der Waals surface area contributed by atoms with Crippen LogP contribution in [0.25, 0.3) is 11.3 Å². The molecule has 0 unspecified atom stereocenters. The Hall–Kier alpha value is -1.52. The van der Waals surface area contributed by atoms with Crippen molar-refractivity contribution in [1.82, 2.24) is 9.78 Å². The Kier molecular flexibility index (Phi) is 3.59. The Labute approximate surface area is 111 Å². The number of aryl methyl sites for hydroxylation is 2. The molecular formula is C13H16ClN3O. The third-order valence-electron chi connectivity index (χ3n) is 2.86. The molecule has 1 aromatic heterocycles. The van der Waals surface area contributed by atoms with Gasteiger partial charge in [0.1, 0.15) is 5.75 Å². The van der Waals surface area contributed by atoms with Crippen molar-refractivity contribution in [3.8, 4) is 17.0 Å². The third-order valence-corrected chi connectivity index (χ3v) is 3.08. The van der Waals surface area contributed by atoms with Crippen molar-refractivity contribution in [2.75, 3.05) is 7.11 Å². The van der Waals surface area contributed by atoms with Gasteiger partial charge in [0, 0.05) is 24.2 Å². The van der Waals surface area contributed by atoms with Crippen LogP contribution < -0.4 is 10.5 Å². The van der Waals surface area contributed by atoms with Crippen LogP contribution in [0.1, 0.15) is 11.3 Å². The fourth-order valence-electron chi connectivity index (χ4n) is 2.07. The van der Waals surface area contributed by atoms with Gasteiger partial charge in [0.25, 0.3) is 0 Å². The summed E-state index contributed by atoms with van der Waals surface area (Å²) < 4.78 is 7.24. The molecule has 0 fully saturated rings. The Balaban J connectivity index is 2.65. The van der Waals surface area contributed by atoms with Gasteiger partial charge in [-0.2, -0.15) is 5.10 Å². The summed E-state index contributed by atoms with van der Waals surface area (Å²) in [6.45, 7) is 2.38. The van der Waals surface area contributed by atoms with Crippen LogP contribution in [0.2, 0.25) is 5.02 Å². The molecule has 0 aliphatic carbocycles. The lowest BCUT2D eigenvalue weighted by Gasteiger charge is -2.12. The summed E-state index contributed by atoms with van der Waals surface area (Å²) >= 11 is 6.11. The molecule has 0 amide bonds. The van der Waals surface area contributed by atoms with Crippen molar-refractivity contribution in [2.45, 2.75) is 13.5 Å². The average Bonchev–Trinajstić information content (AvgIpc) is 2.69. The van der Waals surface area contributed by atoms with Gasteiger partial charge >= 0.3 is 0 Å². The van der Waals surface area contributed by atoms with Gasteiger partial charge in [-0.15, -0.1) is 0 Å². The SMILES string of the molecule is COc1c(C)cc(Cl)cc1-c1cc(CN)nn1C. The summed E-state index contributed by atoms with van der Waals surface area (Å²) in [5.41, 5.74) is 9.31. The number of hydrogen-bond donors (Lipinski definition) is 1. The minimum Gasteiger partial charge on any atom is -0.496 e. The molecule has 0 aliphatic heterocycles. The van der Waals surface area contributed by atoms with Gasteiger partial charge in [0.15, 0.2) is 0 Å². The van der Waals surface area contributed by atoms with Crippen LogP contribution in [-0.2, 0) is 13.6 Å². The molecule has 96 valence electrons. The van der Waals surface area contributed by atoms with Crippen LogP contribution in [0.3, 0.4) is 0 Å². The predicted molar refractivity (Wildman–Crippen MR) is 72.8 cm³/mol. The smallest absolute Gasteiger partial charge is 0.131 e. The lowest BCUT2D eigenvalue weighted by Crippen LogP contribution is -1.99. The molecule has 0 atom stereocenters. The summed E-state index contributed by atoms with van der Waals surface area (Å²) in [5, 5.41) is 5.01. The lowest BCUT2D eigenvalue weighted by atomic mass is 10.1. The fraction of sp³-hybridized carbons (Fsp3) is 0.308. The van der Waals surface area contributed by atoms with E-state index in [0.717, 1.165) is 28.3 Å². The zero-order valence-corrected chi connectivity index (χ0v) is 11.5. The monoisotopic (exact) mass is 265 g/mol. The number of ether oxygens (including phenoxy) is 1. The van der Waals surface area contributed by atoms with Crippen molar-refractivity contribution < 1.29 is 4.74 Å². The number of aromatic nitrogens is 2. The maximum atomic E-state index is 6.11. The molecular weight excluding hydrogens is 250 g/mol. The van der Waals surface area contributed by atoms with Gasteiger partial charge in [-0.3, -0.25) is 4.68 Å². The molecule has 5 heteroatoms. The second-order valence-electron chi connectivity index (χ2n) is 4.15. The summed E-state index contributed by atoms with van der Waals surface area (Å²) in [7, 11) is 3.53. The van der Waals surface area contributed by atoms with E-state index in [4.69, 9.17) is 22.1 Å². The van der Waals surface area contributed by atoms with E-state index in [9.17, 15) is 0 Å². The van der Waals surface area contributed by atoms with Gasteiger partial charge in [0.05, 0.1) is 18.5 Å². The van der Waals surface area contributed by atoms with E-state index in [1.54, 1.807) is 11.8 Å². The van der Waals surface area contributed by atoms with Crippen LogP contribution in [0.5, 0.6) is 5.75 Å². The van der Waals surface area contributed by atoms with Gasteiger partial charge in [0.2, 0.25) is 0 Å². The molecule has 0 spiro atoms. The van der Waals surface area contributed by atoms with Crippen molar-refractivity contribution >= 4 is 11.6 Å². The highest BCUT2D eigenvalue weighted by molar-refractivity contribution is 6.31. The molecule has 0 saturated carbocycles. The second-order valence-corrected chi connectivity index (χ2v) is 4.59. The number of methoxy groups -OCH3 is 1. The van der Waals surface area contributed by atoms with Crippen molar-refractivity contribution in [2.24, 2.45) is 12.8 Å². The number of benzene rings is 1. The van der Waals surface area contributed by atoms with Gasteiger partial charge in [-0.05, 0) is 30.7 Å². The van der Waals surface area contributed by atoms with E-state index >= 15 is 0 Å². The molecule has 2 aromatic rings. The number of halogens is 1. The first-order chi connectivity index (χ1) is 8.56. The molecule has 0 saturated heterocycles. The molecule has 18 heavy (non-hydrogen) atoms. The Bertz CT molecular complexity index is 578. The summed E-state index contributed by atoms with van der Waals surface area (Å²) in [4.78, 5) is 0. The van der Waals surface area contributed by atoms with Crippen LogP contribution in [0, 0.1) is 6.92 Å². The minimum atomic E-state index is 0.412. The van der Waals surface area contributed by atoms with Crippen molar-refractivity contribution in [1.29, 1.82) is 0 Å². The largest absolute Gasteiger partial charge is 0.496 e. The van der Waals surface area contributed by atoms with E-state index in [1.165, 1.54) is 0 Å². The number of rotatable bonds is 3. The maximum absolute atomic E-state index is 6.11. The highest BCUT2D eigenvalue weighted by atomic mass is 35.5. The number of nitrogens with zero attached hydrogens (tertiary/aromatic N) is 2. The molecule has 0 aliphatic rings. The quantitative estimate of drug-likeness (QED) is 0.928. The van der Waals surface area contributed by atoms with E-state index < -0.39 is 0 Å². The van der Waals surface area contributed by atoms with Gasteiger partial charge in [-0.1, -0.05) is 11.6 Å². The summed E-state index contributed by atoms with van der Waals surface area (Å²) in [6, 6.07) is 5.71. The molecule has 0 bridgehead atoms. The first kappa shape index (κ1) is 12.9. The minimum absolute atomic E-state index is 0.412. The maximum Gasteiger partial charge on any atom is 0.131 e. The summed E-state index contributed by atoms with van der Waals surface area (Å²) in [6.07, 6.45) is 0. The normalized spacial score (nSPS) is 10.7. The highest BCUT2D eigenvalue weighted by Gasteiger charge is 2.14. The third kappa shape index (κ3) is 2.21. The average molecular weight is 266 g/mol. The number of hydrogen-bond acceptors (Lipinski definition) is 3. The van der Waals surface area contributed by atoms with Crippen LogP contribution >= 0.6 is 11.6 Å². The Morgan fingerprint density at radius 2 is 2.11 bits per heavy atom. The van der Waals surface area contributed by atoms with Gasteiger partial charge < -0.3 is 10.5 Å². The Morgan fingerprint density at radius 1 is 1.39 bits per heavy atom. The standard InChI is InChI=1S/C13H16ClN3O/c1-8-4-9(14)5-11(13(8)18-3)12-6-10(7-15)16-17(12)2/h4-6H,7,15H2,1-3H3. The van der Waals surface area contributed by atoms with E-state index in [2.05, 4.69) is 5.10 Å². The molecule has 4 nitrogen and oxygen atoms in total. The van der Waals surface area contributed by atoms with Crippen molar-refractivity contribution in [3.63, 3.8) is 0 Å². The zero-order valence-electron chi connectivity index (χ0n) is 10.7. The van der Waals surface area contributed by atoms with Crippen LogP contribution in [0.4, 0.5) is 0 Å². The summed E-state index contributed by atoms with van der Waals surface area (Å²) in [5.74, 6) is 0.811. The second kappa shape index (κ2) is 5.00. The molecule has 0 radical (unpaired) electrons. The fourth-order valence-corrected chi connectivity index (χ4v) is 2.34.